The summed E-state index contributed by atoms with van der Waals surface area (Å²) in [5.41, 5.74) is 2.13. The van der Waals surface area contributed by atoms with E-state index in [9.17, 15) is 0 Å². The van der Waals surface area contributed by atoms with Gasteiger partial charge in [0, 0.05) is 5.02 Å². The minimum atomic E-state index is 0.755. The highest BCUT2D eigenvalue weighted by molar-refractivity contribution is 8.13. The lowest BCUT2D eigenvalue weighted by Gasteiger charge is -2.02. The molecule has 16 heavy (non-hydrogen) atoms. The summed E-state index contributed by atoms with van der Waals surface area (Å²) >= 11 is 7.52. The summed E-state index contributed by atoms with van der Waals surface area (Å²) in [5.74, 6) is 0. The summed E-state index contributed by atoms with van der Waals surface area (Å²) in [6.45, 7) is 0. The Labute approximate surface area is 105 Å². The first kappa shape index (κ1) is 11.5. The van der Waals surface area contributed by atoms with Crippen LogP contribution in [0.1, 0.15) is 12.0 Å². The maximum atomic E-state index is 5.87. The molecule has 2 rings (SSSR count). The second-order valence-corrected chi connectivity index (χ2v) is 4.65. The van der Waals surface area contributed by atoms with Gasteiger partial charge in [-0.2, -0.15) is 0 Å². The topological polar surface area (TPSA) is 12.4 Å². The van der Waals surface area contributed by atoms with Crippen LogP contribution >= 0.6 is 23.4 Å². The van der Waals surface area contributed by atoms with Crippen LogP contribution in [0.25, 0.3) is 5.70 Å². The van der Waals surface area contributed by atoms with Gasteiger partial charge >= 0.3 is 0 Å². The number of thioether (sulfide) groups is 1. The lowest BCUT2D eigenvalue weighted by atomic mass is 10.1. The number of nitrogens with zero attached hydrogens (tertiary/aromatic N) is 1. The third-order valence-corrected chi connectivity index (χ3v) is 3.19. The SMILES string of the molecule is CSC1=NC(c2ccc(Cl)cc2)=CCC=C1. The van der Waals surface area contributed by atoms with Crippen LogP contribution in [-0.4, -0.2) is 11.3 Å². The summed E-state index contributed by atoms with van der Waals surface area (Å²) in [4.78, 5) is 4.60. The van der Waals surface area contributed by atoms with Crippen molar-refractivity contribution in [3.05, 3.63) is 53.1 Å². The van der Waals surface area contributed by atoms with Crippen molar-refractivity contribution in [2.75, 3.05) is 6.26 Å². The molecule has 3 heteroatoms. The molecule has 0 saturated heterocycles. The van der Waals surface area contributed by atoms with Crippen molar-refractivity contribution < 1.29 is 0 Å². The van der Waals surface area contributed by atoms with Gasteiger partial charge in [0.1, 0.15) is 0 Å². The Balaban J connectivity index is 2.33. The molecule has 0 bridgehead atoms. The fourth-order valence-electron chi connectivity index (χ4n) is 1.47. The van der Waals surface area contributed by atoms with Gasteiger partial charge in [0.2, 0.25) is 0 Å². The molecule has 0 aromatic heterocycles. The Morgan fingerprint density at radius 1 is 1.25 bits per heavy atom. The first-order valence-electron chi connectivity index (χ1n) is 5.05. The van der Waals surface area contributed by atoms with Crippen molar-refractivity contribution in [1.82, 2.24) is 0 Å². The molecule has 0 unspecified atom stereocenters. The molecule has 0 atom stereocenters. The molecule has 1 heterocycles. The summed E-state index contributed by atoms with van der Waals surface area (Å²) in [7, 11) is 0. The quantitative estimate of drug-likeness (QED) is 0.719. The predicted octanol–water partition coefficient (Wildman–Crippen LogP) is 4.40. The molecule has 1 nitrogen and oxygen atoms in total. The first-order valence-corrected chi connectivity index (χ1v) is 6.65. The van der Waals surface area contributed by atoms with Crippen molar-refractivity contribution >= 4 is 34.1 Å². The average Bonchev–Trinajstić information content (AvgIpc) is 2.55. The predicted molar refractivity (Wildman–Crippen MR) is 74.1 cm³/mol. The van der Waals surface area contributed by atoms with E-state index in [1.165, 1.54) is 0 Å². The van der Waals surface area contributed by atoms with Gasteiger partial charge < -0.3 is 0 Å². The molecule has 0 radical (unpaired) electrons. The molecule has 82 valence electrons. The Hall–Kier alpha value is -0.990. The Morgan fingerprint density at radius 3 is 2.69 bits per heavy atom. The monoisotopic (exact) mass is 249 g/mol. The van der Waals surface area contributed by atoms with E-state index in [2.05, 4.69) is 23.2 Å². The van der Waals surface area contributed by atoms with Crippen molar-refractivity contribution in [3.63, 3.8) is 0 Å². The van der Waals surface area contributed by atoms with Gasteiger partial charge in [-0.1, -0.05) is 35.9 Å². The van der Waals surface area contributed by atoms with Gasteiger partial charge in [-0.25, -0.2) is 4.99 Å². The first-order chi connectivity index (χ1) is 7.79. The highest BCUT2D eigenvalue weighted by Crippen LogP contribution is 2.22. The fraction of sp³-hybridized carbons (Fsp3) is 0.154. The molecular formula is C13H12ClNS. The van der Waals surface area contributed by atoms with Gasteiger partial charge in [0.25, 0.3) is 0 Å². The molecule has 0 fully saturated rings. The Bertz CT molecular complexity index is 457. The van der Waals surface area contributed by atoms with Crippen LogP contribution in [0.3, 0.4) is 0 Å². The Morgan fingerprint density at radius 2 is 2.00 bits per heavy atom. The maximum Gasteiger partial charge on any atom is 0.0961 e. The molecule has 0 aliphatic carbocycles. The summed E-state index contributed by atoms with van der Waals surface area (Å²) in [5, 5.41) is 1.80. The number of benzene rings is 1. The van der Waals surface area contributed by atoms with Crippen molar-refractivity contribution in [1.29, 1.82) is 0 Å². The van der Waals surface area contributed by atoms with E-state index >= 15 is 0 Å². The lowest BCUT2D eigenvalue weighted by Crippen LogP contribution is -1.86. The van der Waals surface area contributed by atoms with E-state index in [0.717, 1.165) is 27.7 Å². The van der Waals surface area contributed by atoms with E-state index in [4.69, 9.17) is 11.6 Å². The summed E-state index contributed by atoms with van der Waals surface area (Å²) in [6, 6.07) is 7.79. The zero-order valence-electron chi connectivity index (χ0n) is 8.98. The number of rotatable bonds is 1. The largest absolute Gasteiger partial charge is 0.242 e. The van der Waals surface area contributed by atoms with Crippen LogP contribution in [0, 0.1) is 0 Å². The van der Waals surface area contributed by atoms with E-state index in [1.807, 2.05) is 30.5 Å². The lowest BCUT2D eigenvalue weighted by molar-refractivity contribution is 1.38. The molecule has 1 aromatic rings. The van der Waals surface area contributed by atoms with Gasteiger partial charge in [0.15, 0.2) is 0 Å². The third-order valence-electron chi connectivity index (χ3n) is 2.29. The summed E-state index contributed by atoms with van der Waals surface area (Å²) < 4.78 is 0. The minimum Gasteiger partial charge on any atom is -0.242 e. The van der Waals surface area contributed by atoms with Crippen LogP contribution in [0.2, 0.25) is 5.02 Å². The zero-order chi connectivity index (χ0) is 11.4. The fourth-order valence-corrected chi connectivity index (χ4v) is 2.01. The number of hydrogen-bond acceptors (Lipinski definition) is 2. The third kappa shape index (κ3) is 2.77. The molecule has 0 amide bonds. The standard InChI is InChI=1S/C13H12ClNS/c1-16-13-5-3-2-4-12(15-13)10-6-8-11(14)9-7-10/h3-9H,2H2,1H3. The van der Waals surface area contributed by atoms with E-state index in [1.54, 1.807) is 11.8 Å². The van der Waals surface area contributed by atoms with Crippen molar-refractivity contribution in [2.24, 2.45) is 4.99 Å². The second-order valence-electron chi connectivity index (χ2n) is 3.39. The molecule has 1 aromatic carbocycles. The van der Waals surface area contributed by atoms with Gasteiger partial charge in [0.05, 0.1) is 10.7 Å². The van der Waals surface area contributed by atoms with Crippen molar-refractivity contribution in [3.8, 4) is 0 Å². The number of halogens is 1. The number of hydrogen-bond donors (Lipinski definition) is 0. The van der Waals surface area contributed by atoms with Gasteiger partial charge in [-0.05, 0) is 36.4 Å². The summed E-state index contributed by atoms with van der Waals surface area (Å²) in [6.07, 6.45) is 9.27. The smallest absolute Gasteiger partial charge is 0.0961 e. The van der Waals surface area contributed by atoms with Gasteiger partial charge in [-0.3, -0.25) is 0 Å². The van der Waals surface area contributed by atoms with Crippen molar-refractivity contribution in [2.45, 2.75) is 6.42 Å². The molecule has 0 spiro atoms. The molecule has 1 aliphatic heterocycles. The Kier molecular flexibility index (Phi) is 3.86. The molecule has 0 saturated carbocycles. The normalized spacial score (nSPS) is 15.4. The van der Waals surface area contributed by atoms with Crippen LogP contribution in [0.15, 0.2) is 47.5 Å². The maximum absolute atomic E-state index is 5.87. The molecule has 1 aliphatic rings. The number of allylic oxidation sites excluding steroid dienone is 2. The van der Waals surface area contributed by atoms with E-state index < -0.39 is 0 Å². The highest BCUT2D eigenvalue weighted by atomic mass is 35.5. The highest BCUT2D eigenvalue weighted by Gasteiger charge is 2.03. The van der Waals surface area contributed by atoms with Crippen LogP contribution < -0.4 is 0 Å². The van der Waals surface area contributed by atoms with E-state index in [-0.39, 0.29) is 0 Å². The van der Waals surface area contributed by atoms with Crippen LogP contribution in [0.5, 0.6) is 0 Å². The van der Waals surface area contributed by atoms with Crippen LogP contribution in [-0.2, 0) is 0 Å². The zero-order valence-corrected chi connectivity index (χ0v) is 10.6. The van der Waals surface area contributed by atoms with E-state index in [0.29, 0.717) is 0 Å². The molecule has 0 N–H and O–H groups in total. The molecular weight excluding hydrogens is 238 g/mol. The average molecular weight is 250 g/mol. The second kappa shape index (κ2) is 5.37. The minimum absolute atomic E-state index is 0.755. The van der Waals surface area contributed by atoms with Crippen LogP contribution in [0.4, 0.5) is 0 Å². The van der Waals surface area contributed by atoms with Gasteiger partial charge in [-0.15, -0.1) is 11.8 Å². The number of aliphatic imine (C=N–C) groups is 1.